The molecule has 0 saturated heterocycles. The van der Waals surface area contributed by atoms with Crippen molar-refractivity contribution in [2.24, 2.45) is 0 Å². The fourth-order valence-corrected chi connectivity index (χ4v) is 2.69. The summed E-state index contributed by atoms with van der Waals surface area (Å²) in [4.78, 5) is 4.72. The van der Waals surface area contributed by atoms with Crippen LogP contribution in [0.4, 0.5) is 0 Å². The average Bonchev–Trinajstić information content (AvgIpc) is 2.87. The quantitative estimate of drug-likeness (QED) is 0.657. The van der Waals surface area contributed by atoms with Gasteiger partial charge in [0, 0.05) is 18.5 Å². The molecule has 0 radical (unpaired) electrons. The number of imidazole rings is 1. The Morgan fingerprint density at radius 3 is 2.67 bits per heavy atom. The molecule has 3 rings (SSSR count). The topological polar surface area (TPSA) is 41.6 Å². The molecule has 0 amide bonds. The fraction of sp³-hybridized carbons (Fsp3) is 0.176. The van der Waals surface area contributed by atoms with Gasteiger partial charge < -0.3 is 4.57 Å². The van der Waals surface area contributed by atoms with E-state index in [-0.39, 0.29) is 0 Å². The molecule has 0 N–H and O–H groups in total. The Labute approximate surface area is 128 Å². The third-order valence-electron chi connectivity index (χ3n) is 3.44. The summed E-state index contributed by atoms with van der Waals surface area (Å²) in [6, 6.07) is 17.9. The predicted octanol–water partition coefficient (Wildman–Crippen LogP) is 4.66. The summed E-state index contributed by atoms with van der Waals surface area (Å²) in [5, 5.41) is 9.43. The third-order valence-corrected chi connectivity index (χ3v) is 3.77. The van der Waals surface area contributed by atoms with Gasteiger partial charge in [0.05, 0.1) is 22.1 Å². The summed E-state index contributed by atoms with van der Waals surface area (Å²) in [6.07, 6.45) is 1.34. The second-order valence-electron chi connectivity index (χ2n) is 4.82. The molecule has 104 valence electrons. The molecule has 4 heteroatoms. The van der Waals surface area contributed by atoms with E-state index in [1.807, 2.05) is 42.5 Å². The van der Waals surface area contributed by atoms with Crippen LogP contribution in [0.2, 0.25) is 5.02 Å². The van der Waals surface area contributed by atoms with E-state index in [2.05, 4.69) is 16.7 Å². The maximum absolute atomic E-state index is 8.74. The van der Waals surface area contributed by atoms with Crippen molar-refractivity contribution >= 4 is 22.6 Å². The number of nitriles is 1. The van der Waals surface area contributed by atoms with Gasteiger partial charge in [-0.15, -0.1) is 0 Å². The Balaban J connectivity index is 2.15. The summed E-state index contributed by atoms with van der Waals surface area (Å²) < 4.78 is 2.15. The van der Waals surface area contributed by atoms with Crippen LogP contribution < -0.4 is 0 Å². The lowest BCUT2D eigenvalue weighted by molar-refractivity contribution is 0.675. The number of aryl methyl sites for hydroxylation is 1. The van der Waals surface area contributed by atoms with Crippen molar-refractivity contribution < 1.29 is 0 Å². The second-order valence-corrected chi connectivity index (χ2v) is 5.22. The van der Waals surface area contributed by atoms with E-state index in [4.69, 9.17) is 21.8 Å². The first-order valence-electron chi connectivity index (χ1n) is 6.88. The highest BCUT2D eigenvalue weighted by molar-refractivity contribution is 6.33. The number of aromatic nitrogens is 2. The van der Waals surface area contributed by atoms with E-state index in [0.29, 0.717) is 11.4 Å². The zero-order valence-electron chi connectivity index (χ0n) is 11.5. The normalized spacial score (nSPS) is 10.7. The maximum Gasteiger partial charge on any atom is 0.142 e. The molecule has 0 saturated carbocycles. The van der Waals surface area contributed by atoms with Gasteiger partial charge in [0.1, 0.15) is 5.82 Å². The molecule has 1 aromatic heterocycles. The molecular weight excluding hydrogens is 282 g/mol. The lowest BCUT2D eigenvalue weighted by atomic mass is 10.2. The number of unbranched alkanes of at least 4 members (excludes halogenated alkanes) is 1. The summed E-state index contributed by atoms with van der Waals surface area (Å²) in [7, 11) is 0. The molecule has 0 spiro atoms. The highest BCUT2D eigenvalue weighted by atomic mass is 35.5. The van der Waals surface area contributed by atoms with Gasteiger partial charge in [-0.05, 0) is 30.7 Å². The number of halogens is 1. The summed E-state index contributed by atoms with van der Waals surface area (Å²) >= 11 is 6.31. The van der Waals surface area contributed by atoms with Gasteiger partial charge in [0.2, 0.25) is 0 Å². The van der Waals surface area contributed by atoms with E-state index in [0.717, 1.165) is 35.4 Å². The number of para-hydroxylation sites is 2. The van der Waals surface area contributed by atoms with E-state index in [9.17, 15) is 0 Å². The zero-order chi connectivity index (χ0) is 14.7. The molecule has 0 aliphatic heterocycles. The SMILES string of the molecule is N#CCCCn1c(-c2ccccc2Cl)nc2ccccc21. The van der Waals surface area contributed by atoms with Crippen molar-refractivity contribution in [2.75, 3.05) is 0 Å². The van der Waals surface area contributed by atoms with Crippen LogP contribution in [0.25, 0.3) is 22.4 Å². The van der Waals surface area contributed by atoms with Crippen LogP contribution in [0.3, 0.4) is 0 Å². The molecule has 0 bridgehead atoms. The minimum absolute atomic E-state index is 0.536. The van der Waals surface area contributed by atoms with Gasteiger partial charge in [-0.1, -0.05) is 35.9 Å². The summed E-state index contributed by atoms with van der Waals surface area (Å²) in [5.41, 5.74) is 2.95. The monoisotopic (exact) mass is 295 g/mol. The Bertz CT molecular complexity index is 814. The molecule has 1 heterocycles. The van der Waals surface area contributed by atoms with Crippen molar-refractivity contribution in [3.8, 4) is 17.5 Å². The number of fused-ring (bicyclic) bond motifs is 1. The van der Waals surface area contributed by atoms with Crippen molar-refractivity contribution in [1.29, 1.82) is 5.26 Å². The summed E-state index contributed by atoms with van der Waals surface area (Å²) in [5.74, 6) is 0.861. The first-order chi connectivity index (χ1) is 10.3. The first-order valence-corrected chi connectivity index (χ1v) is 7.26. The lowest BCUT2D eigenvalue weighted by Gasteiger charge is -2.09. The molecule has 0 unspecified atom stereocenters. The van der Waals surface area contributed by atoms with Gasteiger partial charge in [0.15, 0.2) is 0 Å². The van der Waals surface area contributed by atoms with Crippen molar-refractivity contribution in [1.82, 2.24) is 9.55 Å². The van der Waals surface area contributed by atoms with Crippen LogP contribution in [-0.2, 0) is 6.54 Å². The highest BCUT2D eigenvalue weighted by Gasteiger charge is 2.14. The van der Waals surface area contributed by atoms with Gasteiger partial charge in [-0.3, -0.25) is 0 Å². The highest BCUT2D eigenvalue weighted by Crippen LogP contribution is 2.30. The molecule has 0 fully saturated rings. The van der Waals surface area contributed by atoms with Crippen LogP contribution in [0.1, 0.15) is 12.8 Å². The van der Waals surface area contributed by atoms with Crippen molar-refractivity contribution in [2.45, 2.75) is 19.4 Å². The van der Waals surface area contributed by atoms with Crippen LogP contribution >= 0.6 is 11.6 Å². The lowest BCUT2D eigenvalue weighted by Crippen LogP contribution is -2.01. The van der Waals surface area contributed by atoms with Gasteiger partial charge in [-0.25, -0.2) is 4.98 Å². The Morgan fingerprint density at radius 2 is 1.86 bits per heavy atom. The number of benzene rings is 2. The van der Waals surface area contributed by atoms with Crippen LogP contribution in [-0.4, -0.2) is 9.55 Å². The number of hydrogen-bond acceptors (Lipinski definition) is 2. The molecule has 0 aliphatic carbocycles. The van der Waals surface area contributed by atoms with E-state index in [1.54, 1.807) is 0 Å². The van der Waals surface area contributed by atoms with E-state index >= 15 is 0 Å². The van der Waals surface area contributed by atoms with Gasteiger partial charge >= 0.3 is 0 Å². The standard InChI is InChI=1S/C17H14ClN3/c18-14-8-2-1-7-13(14)17-20-15-9-3-4-10-16(15)21(17)12-6-5-11-19/h1-4,7-10H,5-6,12H2. The Hall–Kier alpha value is -2.31. The Kier molecular flexibility index (Phi) is 3.89. The average molecular weight is 296 g/mol. The predicted molar refractivity (Wildman–Crippen MR) is 85.0 cm³/mol. The number of nitrogens with zero attached hydrogens (tertiary/aromatic N) is 3. The maximum atomic E-state index is 8.74. The second kappa shape index (κ2) is 5.99. The van der Waals surface area contributed by atoms with Gasteiger partial charge in [-0.2, -0.15) is 5.26 Å². The molecule has 21 heavy (non-hydrogen) atoms. The minimum Gasteiger partial charge on any atom is -0.324 e. The van der Waals surface area contributed by atoms with Crippen molar-refractivity contribution in [3.63, 3.8) is 0 Å². The molecule has 0 aliphatic rings. The first kappa shape index (κ1) is 13.7. The molecule has 2 aromatic carbocycles. The number of hydrogen-bond donors (Lipinski definition) is 0. The molecule has 3 nitrogen and oxygen atoms in total. The third kappa shape index (κ3) is 2.63. The largest absolute Gasteiger partial charge is 0.324 e. The van der Waals surface area contributed by atoms with E-state index < -0.39 is 0 Å². The van der Waals surface area contributed by atoms with Crippen LogP contribution in [0.5, 0.6) is 0 Å². The van der Waals surface area contributed by atoms with Crippen LogP contribution in [0, 0.1) is 11.3 Å². The van der Waals surface area contributed by atoms with E-state index in [1.165, 1.54) is 0 Å². The molecular formula is C17H14ClN3. The molecule has 3 aromatic rings. The fourth-order valence-electron chi connectivity index (χ4n) is 2.47. The summed E-state index contributed by atoms with van der Waals surface area (Å²) in [6.45, 7) is 0.759. The molecule has 0 atom stereocenters. The number of rotatable bonds is 4. The van der Waals surface area contributed by atoms with Crippen molar-refractivity contribution in [3.05, 3.63) is 53.6 Å². The van der Waals surface area contributed by atoms with Gasteiger partial charge in [0.25, 0.3) is 0 Å². The Morgan fingerprint density at radius 1 is 1.10 bits per heavy atom. The minimum atomic E-state index is 0.536. The smallest absolute Gasteiger partial charge is 0.142 e. The zero-order valence-corrected chi connectivity index (χ0v) is 12.2. The van der Waals surface area contributed by atoms with Crippen LogP contribution in [0.15, 0.2) is 48.5 Å².